The average molecular weight is 940 g/mol. The maximum absolute atomic E-state index is 10.6. The molecule has 0 aromatic carbocycles. The van der Waals surface area contributed by atoms with Crippen molar-refractivity contribution in [1.29, 1.82) is 0 Å². The van der Waals surface area contributed by atoms with E-state index >= 15 is 0 Å². The molecule has 0 heterocycles. The summed E-state index contributed by atoms with van der Waals surface area (Å²) in [5.41, 5.74) is 0. The summed E-state index contributed by atoms with van der Waals surface area (Å²) in [5, 5.41) is 122. The van der Waals surface area contributed by atoms with Crippen LogP contribution >= 0.6 is 0 Å². The van der Waals surface area contributed by atoms with E-state index < -0.39 is 131 Å². The monoisotopic (exact) mass is 940 g/mol. The summed E-state index contributed by atoms with van der Waals surface area (Å²) in [7, 11) is 0. The fourth-order valence-corrected chi connectivity index (χ4v) is 4.67. The summed E-state index contributed by atoms with van der Waals surface area (Å²) < 4.78 is 0. The maximum Gasteiger partial charge on any atom is 3.00 e. The number of carboxylic acids is 9. The molecule has 2 radical (unpaired) electrons. The van der Waals surface area contributed by atoms with E-state index in [1.165, 1.54) is 0 Å². The third-order valence-electron chi connectivity index (χ3n) is 6.90. The Kier molecular flexibility index (Phi) is 42.8. The van der Waals surface area contributed by atoms with Crippen LogP contribution in [0.1, 0.15) is 19.3 Å². The number of carbonyl (C=O) groups is 9. The van der Waals surface area contributed by atoms with Crippen LogP contribution in [0.25, 0.3) is 0 Å². The standard InChI is InChI=1S/3C10H18N2O7.2Fe/c3*13-2-1-7(3-11-4-8(14)15)12(5-9(16)17)6-10(18)19;;/h3*7,11,13H,1-6H2,(H,14,15)(H,16,17)(H,18,19);;/q;;;2*+3/p-6. The van der Waals surface area contributed by atoms with Crippen molar-refractivity contribution in [1.82, 2.24) is 30.7 Å². The van der Waals surface area contributed by atoms with Crippen LogP contribution in [-0.2, 0) is 77.3 Å². The normalized spacial score (nSPS) is 11.9. The van der Waals surface area contributed by atoms with Gasteiger partial charge in [0, 0.05) is 96.8 Å². The Labute approximate surface area is 357 Å². The van der Waals surface area contributed by atoms with Gasteiger partial charge >= 0.3 is 52.0 Å². The first kappa shape index (κ1) is 64.1. The van der Waals surface area contributed by atoms with Crippen molar-refractivity contribution in [3.05, 3.63) is 0 Å². The van der Waals surface area contributed by atoms with Crippen LogP contribution in [0.5, 0.6) is 0 Å². The van der Waals surface area contributed by atoms with Gasteiger partial charge in [0.15, 0.2) is 0 Å². The number of rotatable bonds is 33. The van der Waals surface area contributed by atoms with Crippen LogP contribution in [0.3, 0.4) is 0 Å². The third kappa shape index (κ3) is 41.9. The van der Waals surface area contributed by atoms with Crippen molar-refractivity contribution in [2.24, 2.45) is 0 Å². The molecule has 340 valence electrons. The molecule has 59 heavy (non-hydrogen) atoms. The minimum absolute atomic E-state index is 0. The molecule has 0 aliphatic heterocycles. The number of nitrogens with one attached hydrogen (secondary N) is 3. The quantitative estimate of drug-likeness (QED) is 0.0276. The summed E-state index contributed by atoms with van der Waals surface area (Å²) in [5.74, 6) is -12.1. The minimum Gasteiger partial charge on any atom is -0.549 e. The smallest absolute Gasteiger partial charge is 0.549 e. The van der Waals surface area contributed by atoms with Gasteiger partial charge in [0.1, 0.15) is 0 Å². The van der Waals surface area contributed by atoms with Gasteiger partial charge in [-0.25, -0.2) is 0 Å². The van der Waals surface area contributed by atoms with Gasteiger partial charge in [0.05, 0.1) is 55.5 Å². The van der Waals surface area contributed by atoms with Crippen molar-refractivity contribution < 1.29 is 139 Å². The number of hydrogen-bond donors (Lipinski definition) is 9. The number of carboxylic acid groups (broad SMARTS) is 9. The summed E-state index contributed by atoms with van der Waals surface area (Å²) >= 11 is 0. The van der Waals surface area contributed by atoms with Crippen molar-refractivity contribution in [2.75, 3.05) is 98.4 Å². The van der Waals surface area contributed by atoms with Crippen LogP contribution in [0.15, 0.2) is 0 Å². The fourth-order valence-electron chi connectivity index (χ4n) is 4.67. The fraction of sp³-hybridized carbons (Fsp3) is 0.700. The van der Waals surface area contributed by atoms with Crippen LogP contribution < -0.4 is 46.6 Å². The number of carbonyl (C=O) groups excluding carboxylic acids is 6. The van der Waals surface area contributed by atoms with E-state index in [1.54, 1.807) is 0 Å². The van der Waals surface area contributed by atoms with E-state index in [9.17, 15) is 73.8 Å². The van der Waals surface area contributed by atoms with Crippen LogP contribution in [0.4, 0.5) is 0 Å². The van der Waals surface area contributed by atoms with Gasteiger partial charge in [-0.3, -0.25) is 29.1 Å². The molecular weight excluding hydrogens is 892 g/mol. The molecule has 9 N–H and O–H groups in total. The van der Waals surface area contributed by atoms with E-state index in [0.29, 0.717) is 0 Å². The Morgan fingerprint density at radius 2 is 0.593 bits per heavy atom. The molecule has 0 aromatic rings. The Balaban J connectivity index is -0.000000243. The predicted molar refractivity (Wildman–Crippen MR) is 173 cm³/mol. The zero-order valence-electron chi connectivity index (χ0n) is 31.3. The number of nitrogens with zero attached hydrogens (tertiary/aromatic N) is 3. The Morgan fingerprint density at radius 3 is 0.729 bits per heavy atom. The molecule has 0 amide bonds. The van der Waals surface area contributed by atoms with Gasteiger partial charge in [0.25, 0.3) is 0 Å². The molecular formula is C30H48Fe2N6O21. The maximum atomic E-state index is 10.6. The largest absolute Gasteiger partial charge is 3.00 e. The van der Waals surface area contributed by atoms with Gasteiger partial charge in [0.2, 0.25) is 0 Å². The summed E-state index contributed by atoms with van der Waals surface area (Å²) in [6.07, 6.45) is 0.293. The minimum atomic E-state index is -1.45. The van der Waals surface area contributed by atoms with E-state index in [4.69, 9.17) is 30.6 Å². The van der Waals surface area contributed by atoms with Gasteiger partial charge < -0.3 is 106 Å². The van der Waals surface area contributed by atoms with Gasteiger partial charge in [-0.1, -0.05) is 0 Å². The molecule has 0 aromatic heterocycles. The molecule has 0 saturated carbocycles. The first-order chi connectivity index (χ1) is 26.6. The molecule has 0 aliphatic carbocycles. The molecule has 3 atom stereocenters. The average Bonchev–Trinajstić information content (AvgIpc) is 3.05. The number of aliphatic hydroxyl groups is 3. The van der Waals surface area contributed by atoms with Crippen LogP contribution in [0.2, 0.25) is 0 Å². The molecule has 0 aliphatic rings. The van der Waals surface area contributed by atoms with Crippen LogP contribution in [0, 0.1) is 0 Å². The molecule has 3 unspecified atom stereocenters. The molecule has 27 nitrogen and oxygen atoms in total. The molecule has 0 bridgehead atoms. The van der Waals surface area contributed by atoms with E-state index in [-0.39, 0.29) is 92.9 Å². The van der Waals surface area contributed by atoms with Gasteiger partial charge in [-0.05, 0) is 19.3 Å². The second-order valence-corrected chi connectivity index (χ2v) is 11.5. The summed E-state index contributed by atoms with van der Waals surface area (Å²) in [4.78, 5) is 97.5. The SMILES string of the molecule is O=C([O-])CNCC(CCO)N(CC(=O)[O-])CC(=O)O.O=C([O-])CNCC(CCO)N(CC(=O)[O-])CC(=O)O.O=C([O-])CNCC(CCO)N(CC(=O)[O-])CC(=O)O.[Fe+3].[Fe+3]. The number of hydrogen-bond acceptors (Lipinski definition) is 24. The molecule has 0 spiro atoms. The summed E-state index contributed by atoms with van der Waals surface area (Å²) in [6.45, 7) is -5.71. The molecule has 0 fully saturated rings. The number of aliphatic hydroxyl groups excluding tert-OH is 3. The topological polar surface area (TPSA) is 459 Å². The van der Waals surface area contributed by atoms with Gasteiger partial charge in [-0.15, -0.1) is 0 Å². The van der Waals surface area contributed by atoms with E-state index in [2.05, 4.69) is 16.0 Å². The van der Waals surface area contributed by atoms with Crippen molar-refractivity contribution >= 4 is 53.7 Å². The van der Waals surface area contributed by atoms with Crippen molar-refractivity contribution in [2.45, 2.75) is 37.4 Å². The van der Waals surface area contributed by atoms with E-state index in [0.717, 1.165) is 14.7 Å². The first-order valence-corrected chi connectivity index (χ1v) is 16.6. The Hall–Kier alpha value is -4.09. The Morgan fingerprint density at radius 1 is 0.390 bits per heavy atom. The van der Waals surface area contributed by atoms with Crippen molar-refractivity contribution in [3.8, 4) is 0 Å². The molecule has 29 heteroatoms. The zero-order chi connectivity index (χ0) is 44.5. The Bertz CT molecular complexity index is 1080. The first-order valence-electron chi connectivity index (χ1n) is 16.6. The van der Waals surface area contributed by atoms with E-state index in [1.807, 2.05) is 0 Å². The summed E-state index contributed by atoms with van der Waals surface area (Å²) in [6, 6.07) is -1.92. The predicted octanol–water partition coefficient (Wildman–Crippen LogP) is -14.4. The van der Waals surface area contributed by atoms with Crippen LogP contribution in [-0.4, -0.2) is 216 Å². The second kappa shape index (κ2) is 39.4. The zero-order valence-corrected chi connectivity index (χ0v) is 33.5. The second-order valence-electron chi connectivity index (χ2n) is 11.5. The number of aliphatic carboxylic acids is 9. The molecule has 0 saturated heterocycles. The van der Waals surface area contributed by atoms with Crippen molar-refractivity contribution in [3.63, 3.8) is 0 Å². The molecule has 0 rings (SSSR count). The third-order valence-corrected chi connectivity index (χ3v) is 6.90. The van der Waals surface area contributed by atoms with Gasteiger partial charge in [-0.2, -0.15) is 0 Å².